The summed E-state index contributed by atoms with van der Waals surface area (Å²) < 4.78 is 0. The van der Waals surface area contributed by atoms with Crippen LogP contribution in [-0.2, 0) is 0 Å². The van der Waals surface area contributed by atoms with E-state index in [0.29, 0.717) is 5.54 Å². The van der Waals surface area contributed by atoms with Gasteiger partial charge in [0.1, 0.15) is 0 Å². The Labute approximate surface area is 105 Å². The summed E-state index contributed by atoms with van der Waals surface area (Å²) in [5.41, 5.74) is 7.09. The Morgan fingerprint density at radius 1 is 0.941 bits per heavy atom. The highest BCUT2D eigenvalue weighted by Crippen LogP contribution is 2.39. The quantitative estimate of drug-likeness (QED) is 0.654. The number of rotatable bonds is 1. The summed E-state index contributed by atoms with van der Waals surface area (Å²) in [6, 6.07) is 17.1. The van der Waals surface area contributed by atoms with Crippen LogP contribution in [0.2, 0.25) is 0 Å². The van der Waals surface area contributed by atoms with Crippen molar-refractivity contribution in [2.75, 3.05) is 0 Å². The van der Waals surface area contributed by atoms with Crippen LogP contribution in [0.5, 0.6) is 0 Å². The van der Waals surface area contributed by atoms with Crippen LogP contribution in [0.3, 0.4) is 0 Å². The van der Waals surface area contributed by atoms with E-state index in [9.17, 15) is 0 Å². The number of fused-ring (bicyclic) bond motifs is 1. The third-order valence-electron chi connectivity index (χ3n) is 3.36. The summed E-state index contributed by atoms with van der Waals surface area (Å²) in [6.45, 7) is 2.17. The minimum atomic E-state index is 0.369. The lowest BCUT2D eigenvalue weighted by Crippen LogP contribution is -1.95. The summed E-state index contributed by atoms with van der Waals surface area (Å²) in [4.78, 5) is 0. The van der Waals surface area contributed by atoms with Gasteiger partial charge in [0.25, 0.3) is 0 Å². The van der Waals surface area contributed by atoms with E-state index < -0.39 is 0 Å². The fourth-order valence-corrected chi connectivity index (χ4v) is 2.76. The molecule has 0 heterocycles. The third-order valence-corrected chi connectivity index (χ3v) is 4.13. The fraction of sp³-hybridized carbons (Fsp3) is 0.125. The van der Waals surface area contributed by atoms with Crippen molar-refractivity contribution in [3.05, 3.63) is 65.2 Å². The maximum Gasteiger partial charge on any atom is 0.0392 e. The first-order chi connectivity index (χ1) is 8.27. The molecule has 0 amide bonds. The molecule has 3 radical (unpaired) electrons. The SMILES string of the molecule is CC1=Cc2c(-c3ccccc3)cccc2C1[Si]. The van der Waals surface area contributed by atoms with E-state index in [1.165, 1.54) is 27.8 Å². The van der Waals surface area contributed by atoms with Gasteiger partial charge in [-0.1, -0.05) is 60.2 Å². The minimum absolute atomic E-state index is 0.369. The van der Waals surface area contributed by atoms with E-state index in [0.717, 1.165) is 0 Å². The summed E-state index contributed by atoms with van der Waals surface area (Å²) in [6.07, 6.45) is 2.29. The molecule has 0 N–H and O–H groups in total. The molecule has 2 aromatic carbocycles. The van der Waals surface area contributed by atoms with Gasteiger partial charge in [-0.15, -0.1) is 0 Å². The highest BCUT2D eigenvalue weighted by molar-refractivity contribution is 6.16. The van der Waals surface area contributed by atoms with Crippen molar-refractivity contribution in [2.45, 2.75) is 12.5 Å². The average molecular weight is 233 g/mol. The first kappa shape index (κ1) is 10.5. The molecule has 0 bridgehead atoms. The van der Waals surface area contributed by atoms with Crippen LogP contribution in [0, 0.1) is 0 Å². The molecule has 2 aromatic rings. The molecule has 1 aliphatic carbocycles. The van der Waals surface area contributed by atoms with Gasteiger partial charge in [0.15, 0.2) is 0 Å². The molecule has 0 aliphatic heterocycles. The highest BCUT2D eigenvalue weighted by Gasteiger charge is 2.20. The molecule has 0 nitrogen and oxygen atoms in total. The average Bonchev–Trinajstić information content (AvgIpc) is 2.67. The zero-order chi connectivity index (χ0) is 11.8. The van der Waals surface area contributed by atoms with E-state index in [2.05, 4.69) is 71.8 Å². The Morgan fingerprint density at radius 3 is 2.47 bits per heavy atom. The van der Waals surface area contributed by atoms with Gasteiger partial charge in [-0.3, -0.25) is 0 Å². The molecule has 81 valence electrons. The number of hydrogen-bond acceptors (Lipinski definition) is 0. The predicted octanol–water partition coefficient (Wildman–Crippen LogP) is 3.98. The first-order valence-electron chi connectivity index (χ1n) is 5.85. The molecule has 0 saturated carbocycles. The monoisotopic (exact) mass is 233 g/mol. The van der Waals surface area contributed by atoms with Crippen molar-refractivity contribution >= 4 is 16.3 Å². The van der Waals surface area contributed by atoms with Crippen LogP contribution < -0.4 is 0 Å². The molecule has 3 rings (SSSR count). The summed E-state index contributed by atoms with van der Waals surface area (Å²) in [7, 11) is 3.79. The minimum Gasteiger partial charge on any atom is -0.0688 e. The van der Waals surface area contributed by atoms with Crippen LogP contribution in [0.1, 0.15) is 23.6 Å². The van der Waals surface area contributed by atoms with Gasteiger partial charge in [-0.2, -0.15) is 0 Å². The lowest BCUT2D eigenvalue weighted by atomic mass is 9.97. The lowest BCUT2D eigenvalue weighted by molar-refractivity contribution is 1.14. The summed E-state index contributed by atoms with van der Waals surface area (Å²) >= 11 is 0. The number of benzene rings is 2. The van der Waals surface area contributed by atoms with Crippen LogP contribution in [0.15, 0.2) is 54.1 Å². The normalized spacial score (nSPS) is 17.8. The molecule has 0 spiro atoms. The van der Waals surface area contributed by atoms with Crippen LogP contribution in [-0.4, -0.2) is 10.2 Å². The van der Waals surface area contributed by atoms with E-state index in [-0.39, 0.29) is 0 Å². The van der Waals surface area contributed by atoms with E-state index in [1.807, 2.05) is 0 Å². The maximum absolute atomic E-state index is 3.79. The first-order valence-corrected chi connectivity index (χ1v) is 6.43. The van der Waals surface area contributed by atoms with Gasteiger partial charge in [0, 0.05) is 10.2 Å². The van der Waals surface area contributed by atoms with Gasteiger partial charge in [-0.25, -0.2) is 0 Å². The molecular formula is C16H13Si. The Balaban J connectivity index is 2.22. The van der Waals surface area contributed by atoms with Gasteiger partial charge in [0.2, 0.25) is 0 Å². The molecular weight excluding hydrogens is 220 g/mol. The highest BCUT2D eigenvalue weighted by atomic mass is 28.1. The Hall–Kier alpha value is -1.60. The largest absolute Gasteiger partial charge is 0.0688 e. The zero-order valence-corrected chi connectivity index (χ0v) is 10.8. The molecule has 0 fully saturated rings. The maximum atomic E-state index is 3.79. The second-order valence-electron chi connectivity index (χ2n) is 4.50. The van der Waals surface area contributed by atoms with E-state index in [1.54, 1.807) is 0 Å². The van der Waals surface area contributed by atoms with Crippen molar-refractivity contribution in [3.63, 3.8) is 0 Å². The summed E-state index contributed by atoms with van der Waals surface area (Å²) in [5, 5.41) is 0. The molecule has 1 aliphatic rings. The predicted molar refractivity (Wildman–Crippen MR) is 74.0 cm³/mol. The molecule has 0 aromatic heterocycles. The smallest absolute Gasteiger partial charge is 0.0392 e. The standard InChI is InChI=1S/C16H13Si/c1-11-10-15-13(12-6-3-2-4-7-12)8-5-9-14(15)16(11)17/h2-10,16H,1H3. The van der Waals surface area contributed by atoms with E-state index >= 15 is 0 Å². The van der Waals surface area contributed by atoms with Gasteiger partial charge < -0.3 is 0 Å². The third kappa shape index (κ3) is 1.67. The van der Waals surface area contributed by atoms with Crippen molar-refractivity contribution < 1.29 is 0 Å². The van der Waals surface area contributed by atoms with Crippen molar-refractivity contribution in [2.24, 2.45) is 0 Å². The van der Waals surface area contributed by atoms with Crippen LogP contribution >= 0.6 is 0 Å². The van der Waals surface area contributed by atoms with Gasteiger partial charge in [0.05, 0.1) is 0 Å². The van der Waals surface area contributed by atoms with Crippen molar-refractivity contribution in [1.29, 1.82) is 0 Å². The van der Waals surface area contributed by atoms with Crippen molar-refractivity contribution in [3.8, 4) is 11.1 Å². The molecule has 1 atom stereocenters. The molecule has 17 heavy (non-hydrogen) atoms. The van der Waals surface area contributed by atoms with E-state index in [4.69, 9.17) is 0 Å². The van der Waals surface area contributed by atoms with Crippen LogP contribution in [0.25, 0.3) is 17.2 Å². The number of hydrogen-bond donors (Lipinski definition) is 0. The van der Waals surface area contributed by atoms with Gasteiger partial charge in [-0.05, 0) is 34.7 Å². The lowest BCUT2D eigenvalue weighted by Gasteiger charge is -2.10. The van der Waals surface area contributed by atoms with Gasteiger partial charge >= 0.3 is 0 Å². The molecule has 1 heteroatoms. The molecule has 0 saturated heterocycles. The Kier molecular flexibility index (Phi) is 2.48. The fourth-order valence-electron chi connectivity index (χ4n) is 2.42. The second-order valence-corrected chi connectivity index (χ2v) is 5.07. The summed E-state index contributed by atoms with van der Waals surface area (Å²) in [5.74, 6) is 0. The van der Waals surface area contributed by atoms with Crippen LogP contribution in [0.4, 0.5) is 0 Å². The topological polar surface area (TPSA) is 0 Å². The van der Waals surface area contributed by atoms with Crippen molar-refractivity contribution in [1.82, 2.24) is 0 Å². The zero-order valence-electron chi connectivity index (χ0n) is 9.77. The Morgan fingerprint density at radius 2 is 1.71 bits per heavy atom. The molecule has 1 unspecified atom stereocenters. The Bertz CT molecular complexity index is 582. The second kappa shape index (κ2) is 4.01. The number of allylic oxidation sites excluding steroid dienone is 1.